The van der Waals surface area contributed by atoms with Gasteiger partial charge in [-0.05, 0) is 32.4 Å². The van der Waals surface area contributed by atoms with E-state index in [9.17, 15) is 5.11 Å². The minimum absolute atomic E-state index is 0.0591. The van der Waals surface area contributed by atoms with Crippen LogP contribution in [0, 0.1) is 13.8 Å². The van der Waals surface area contributed by atoms with Gasteiger partial charge in [0.05, 0.1) is 18.8 Å². The van der Waals surface area contributed by atoms with Crippen LogP contribution in [0.5, 0.6) is 0 Å². The van der Waals surface area contributed by atoms with E-state index in [0.717, 1.165) is 32.7 Å². The van der Waals surface area contributed by atoms with E-state index in [4.69, 9.17) is 4.74 Å². The third kappa shape index (κ3) is 4.30. The molecule has 2 unspecified atom stereocenters. The molecule has 0 amide bonds. The highest BCUT2D eigenvalue weighted by molar-refractivity contribution is 5.29. The van der Waals surface area contributed by atoms with Crippen molar-refractivity contribution in [3.63, 3.8) is 0 Å². The molecular weight excluding hydrogens is 250 g/mol. The quantitative estimate of drug-likeness (QED) is 0.896. The number of hydrogen-bond acceptors (Lipinski definition) is 3. The van der Waals surface area contributed by atoms with Crippen LogP contribution in [0.15, 0.2) is 18.2 Å². The van der Waals surface area contributed by atoms with Crippen LogP contribution < -0.4 is 0 Å². The molecule has 0 saturated carbocycles. The van der Waals surface area contributed by atoms with Crippen molar-refractivity contribution in [3.8, 4) is 0 Å². The van der Waals surface area contributed by atoms with Crippen LogP contribution in [0.25, 0.3) is 0 Å². The fourth-order valence-electron chi connectivity index (χ4n) is 3.04. The number of aliphatic hydroxyl groups is 1. The maximum atomic E-state index is 10.4. The summed E-state index contributed by atoms with van der Waals surface area (Å²) in [5.74, 6) is 0. The lowest BCUT2D eigenvalue weighted by Crippen LogP contribution is -2.48. The summed E-state index contributed by atoms with van der Waals surface area (Å²) in [6.45, 7) is 10.0. The van der Waals surface area contributed by atoms with E-state index in [1.807, 2.05) is 0 Å². The van der Waals surface area contributed by atoms with Crippen molar-refractivity contribution in [2.24, 2.45) is 0 Å². The van der Waals surface area contributed by atoms with Gasteiger partial charge in [-0.1, -0.05) is 36.2 Å². The second-order valence-corrected chi connectivity index (χ2v) is 5.98. The van der Waals surface area contributed by atoms with Crippen molar-refractivity contribution in [3.05, 3.63) is 34.9 Å². The summed E-state index contributed by atoms with van der Waals surface area (Å²) in [7, 11) is 0. The predicted octanol–water partition coefficient (Wildman–Crippen LogP) is 2.32. The first kappa shape index (κ1) is 15.5. The number of rotatable bonds is 5. The van der Waals surface area contributed by atoms with E-state index in [2.05, 4.69) is 43.9 Å². The summed E-state index contributed by atoms with van der Waals surface area (Å²) in [5, 5.41) is 10.4. The maximum absolute atomic E-state index is 10.4. The Labute approximate surface area is 122 Å². The van der Waals surface area contributed by atoms with Crippen LogP contribution in [-0.4, -0.2) is 48.5 Å². The number of aliphatic hydroxyl groups excluding tert-OH is 1. The second kappa shape index (κ2) is 7.21. The highest BCUT2D eigenvalue weighted by atomic mass is 16.5. The third-order valence-corrected chi connectivity index (χ3v) is 3.87. The molecule has 3 nitrogen and oxygen atoms in total. The highest BCUT2D eigenvalue weighted by Gasteiger charge is 2.26. The van der Waals surface area contributed by atoms with Crippen molar-refractivity contribution in [1.29, 1.82) is 0 Å². The number of hydrogen-bond donors (Lipinski definition) is 1. The van der Waals surface area contributed by atoms with E-state index >= 15 is 0 Å². The average Bonchev–Trinajstić information content (AvgIpc) is 2.38. The van der Waals surface area contributed by atoms with Crippen molar-refractivity contribution in [1.82, 2.24) is 4.90 Å². The van der Waals surface area contributed by atoms with Crippen LogP contribution in [0.1, 0.15) is 30.0 Å². The van der Waals surface area contributed by atoms with E-state index in [1.54, 1.807) is 0 Å². The minimum Gasteiger partial charge on any atom is -0.390 e. The Bertz CT molecular complexity index is 411. The van der Waals surface area contributed by atoms with Crippen LogP contribution in [0.3, 0.4) is 0 Å². The number of benzene rings is 1. The molecule has 1 heterocycles. The van der Waals surface area contributed by atoms with E-state index < -0.39 is 6.10 Å². The first-order valence-electron chi connectivity index (χ1n) is 7.67. The molecule has 1 aliphatic heterocycles. The molecule has 1 fully saturated rings. The molecule has 3 heteroatoms. The lowest BCUT2D eigenvalue weighted by molar-refractivity contribution is -0.0877. The average molecular weight is 277 g/mol. The van der Waals surface area contributed by atoms with Gasteiger partial charge in [-0.2, -0.15) is 0 Å². The number of aryl methyl sites for hydroxylation is 2. The second-order valence-electron chi connectivity index (χ2n) is 5.98. The first-order valence-corrected chi connectivity index (χ1v) is 7.67. The summed E-state index contributed by atoms with van der Waals surface area (Å²) in [5.41, 5.74) is 3.71. The normalized spacial score (nSPS) is 21.9. The molecule has 0 radical (unpaired) electrons. The number of nitrogens with zero attached hydrogens (tertiary/aromatic N) is 1. The van der Waals surface area contributed by atoms with Gasteiger partial charge in [-0.25, -0.2) is 0 Å². The SMILES string of the molecule is CCCN1CCOC(C(O)Cc2cc(C)cc(C)c2)C1. The molecule has 0 aliphatic carbocycles. The summed E-state index contributed by atoms with van der Waals surface area (Å²) in [4.78, 5) is 2.39. The smallest absolute Gasteiger partial charge is 0.0964 e. The Kier molecular flexibility index (Phi) is 5.58. The first-order chi connectivity index (χ1) is 9.58. The molecule has 0 bridgehead atoms. The zero-order valence-electron chi connectivity index (χ0n) is 12.9. The van der Waals surface area contributed by atoms with Crippen LogP contribution in [-0.2, 0) is 11.2 Å². The standard InChI is InChI=1S/C17H27NO2/c1-4-5-18-6-7-20-17(12-18)16(19)11-15-9-13(2)8-14(3)10-15/h8-10,16-17,19H,4-7,11-12H2,1-3H3. The highest BCUT2D eigenvalue weighted by Crippen LogP contribution is 2.16. The van der Waals surface area contributed by atoms with Gasteiger partial charge in [-0.3, -0.25) is 4.90 Å². The molecule has 112 valence electrons. The molecule has 1 saturated heterocycles. The van der Waals surface area contributed by atoms with E-state index in [0.29, 0.717) is 6.42 Å². The molecule has 20 heavy (non-hydrogen) atoms. The number of morpholine rings is 1. The van der Waals surface area contributed by atoms with Gasteiger partial charge in [-0.15, -0.1) is 0 Å². The Morgan fingerprint density at radius 2 is 2.00 bits per heavy atom. The Morgan fingerprint density at radius 1 is 1.30 bits per heavy atom. The molecule has 0 aromatic heterocycles. The molecule has 0 spiro atoms. The van der Waals surface area contributed by atoms with Crippen LogP contribution in [0.4, 0.5) is 0 Å². The molecule has 2 atom stereocenters. The molecule has 1 aliphatic rings. The van der Waals surface area contributed by atoms with Gasteiger partial charge >= 0.3 is 0 Å². The van der Waals surface area contributed by atoms with Crippen molar-refractivity contribution in [2.45, 2.75) is 45.8 Å². The summed E-state index contributed by atoms with van der Waals surface area (Å²) >= 11 is 0. The minimum atomic E-state index is -0.421. The summed E-state index contributed by atoms with van der Waals surface area (Å²) in [6.07, 6.45) is 1.35. The van der Waals surface area contributed by atoms with E-state index in [-0.39, 0.29) is 6.10 Å². The zero-order chi connectivity index (χ0) is 14.5. The van der Waals surface area contributed by atoms with Crippen molar-refractivity contribution < 1.29 is 9.84 Å². The molecule has 1 aromatic carbocycles. The van der Waals surface area contributed by atoms with Crippen molar-refractivity contribution >= 4 is 0 Å². The Morgan fingerprint density at radius 3 is 2.65 bits per heavy atom. The Hall–Kier alpha value is -0.900. The molecule has 1 aromatic rings. The Balaban J connectivity index is 1.95. The summed E-state index contributed by atoms with van der Waals surface area (Å²) in [6, 6.07) is 6.47. The van der Waals surface area contributed by atoms with Crippen LogP contribution in [0.2, 0.25) is 0 Å². The zero-order valence-corrected chi connectivity index (χ0v) is 12.9. The fraction of sp³-hybridized carbons (Fsp3) is 0.647. The van der Waals surface area contributed by atoms with Gasteiger partial charge < -0.3 is 9.84 Å². The van der Waals surface area contributed by atoms with Crippen molar-refractivity contribution in [2.75, 3.05) is 26.2 Å². The van der Waals surface area contributed by atoms with Gasteiger partial charge in [0.25, 0.3) is 0 Å². The lowest BCUT2D eigenvalue weighted by Gasteiger charge is -2.35. The van der Waals surface area contributed by atoms with E-state index in [1.165, 1.54) is 16.7 Å². The fourth-order valence-corrected chi connectivity index (χ4v) is 3.04. The van der Waals surface area contributed by atoms with Gasteiger partial charge in [0.2, 0.25) is 0 Å². The molecule has 1 N–H and O–H groups in total. The monoisotopic (exact) mass is 277 g/mol. The topological polar surface area (TPSA) is 32.7 Å². The number of ether oxygens (including phenoxy) is 1. The molecule has 2 rings (SSSR count). The van der Waals surface area contributed by atoms with Gasteiger partial charge in [0, 0.05) is 19.5 Å². The van der Waals surface area contributed by atoms with Gasteiger partial charge in [0.15, 0.2) is 0 Å². The molecular formula is C17H27NO2. The largest absolute Gasteiger partial charge is 0.390 e. The summed E-state index contributed by atoms with van der Waals surface area (Å²) < 4.78 is 5.76. The predicted molar refractivity (Wildman–Crippen MR) is 82.1 cm³/mol. The maximum Gasteiger partial charge on any atom is 0.0964 e. The van der Waals surface area contributed by atoms with Crippen LogP contribution >= 0.6 is 0 Å². The van der Waals surface area contributed by atoms with Gasteiger partial charge in [0.1, 0.15) is 0 Å². The third-order valence-electron chi connectivity index (χ3n) is 3.87. The lowest BCUT2D eigenvalue weighted by atomic mass is 9.99.